The van der Waals surface area contributed by atoms with Gasteiger partial charge in [-0.1, -0.05) is 13.8 Å². The van der Waals surface area contributed by atoms with Crippen LogP contribution in [0.25, 0.3) is 0 Å². The van der Waals surface area contributed by atoms with Crippen molar-refractivity contribution >= 4 is 17.5 Å². The van der Waals surface area contributed by atoms with Crippen LogP contribution in [0.4, 0.5) is 0 Å². The van der Waals surface area contributed by atoms with Crippen molar-refractivity contribution in [1.82, 2.24) is 0 Å². The molecule has 0 amide bonds. The molecule has 1 spiro atoms. The number of Topliss-reactive ketones (excluding diaryl/α,β-unsaturated/α-hetero) is 1. The van der Waals surface area contributed by atoms with Crippen molar-refractivity contribution in [1.29, 1.82) is 0 Å². The van der Waals surface area contributed by atoms with Crippen molar-refractivity contribution in [2.45, 2.75) is 45.1 Å². The quantitative estimate of drug-likeness (QED) is 0.758. The molecule has 2 saturated heterocycles. The third-order valence-electron chi connectivity index (χ3n) is 4.82. The van der Waals surface area contributed by atoms with Gasteiger partial charge in [-0.3, -0.25) is 4.79 Å². The Hall–Kier alpha value is -0.0200. The summed E-state index contributed by atoms with van der Waals surface area (Å²) in [5.41, 5.74) is 0.343. The van der Waals surface area contributed by atoms with Crippen molar-refractivity contribution in [3.8, 4) is 0 Å². The Kier molecular flexibility index (Phi) is 2.82. The molecule has 2 heterocycles. The van der Waals surface area contributed by atoms with E-state index in [0.29, 0.717) is 11.7 Å². The van der Waals surface area contributed by atoms with Crippen molar-refractivity contribution in [2.75, 3.05) is 18.1 Å². The largest absolute Gasteiger partial charge is 0.374 e. The number of ether oxygens (including phenoxy) is 1. The molecule has 3 aliphatic rings. The average Bonchev–Trinajstić information content (AvgIpc) is 2.71. The standard InChI is InChI=1S/C14H22O2S/c1-13(2)8-11(13)12(15)10-3-5-16-14(7-10)4-6-17-9-14/h10-11H,3-9H2,1-2H3. The zero-order chi connectivity index (χ0) is 12.1. The van der Waals surface area contributed by atoms with Crippen molar-refractivity contribution in [2.24, 2.45) is 17.3 Å². The van der Waals surface area contributed by atoms with E-state index in [9.17, 15) is 4.79 Å². The van der Waals surface area contributed by atoms with Crippen LogP contribution < -0.4 is 0 Å². The molecule has 17 heavy (non-hydrogen) atoms. The number of rotatable bonds is 2. The van der Waals surface area contributed by atoms with Gasteiger partial charge in [-0.05, 0) is 36.9 Å². The molecule has 3 heteroatoms. The molecule has 1 aliphatic carbocycles. The Labute approximate surface area is 108 Å². The highest BCUT2D eigenvalue weighted by Crippen LogP contribution is 2.54. The van der Waals surface area contributed by atoms with Gasteiger partial charge in [0.2, 0.25) is 0 Å². The maximum absolute atomic E-state index is 12.5. The molecule has 3 unspecified atom stereocenters. The van der Waals surface area contributed by atoms with Crippen LogP contribution in [0.15, 0.2) is 0 Å². The normalized spacial score (nSPS) is 43.9. The van der Waals surface area contributed by atoms with E-state index in [4.69, 9.17) is 4.74 Å². The van der Waals surface area contributed by atoms with Gasteiger partial charge in [0.05, 0.1) is 5.60 Å². The molecule has 0 bridgehead atoms. The maximum Gasteiger partial charge on any atom is 0.139 e. The van der Waals surface area contributed by atoms with Gasteiger partial charge in [0, 0.05) is 24.2 Å². The molecule has 3 rings (SSSR count). The van der Waals surface area contributed by atoms with E-state index in [1.54, 1.807) is 0 Å². The highest BCUT2D eigenvalue weighted by molar-refractivity contribution is 7.99. The number of ketones is 1. The third kappa shape index (κ3) is 2.17. The molecule has 0 aromatic heterocycles. The van der Waals surface area contributed by atoms with Crippen LogP contribution in [0, 0.1) is 17.3 Å². The monoisotopic (exact) mass is 254 g/mol. The summed E-state index contributed by atoms with van der Waals surface area (Å²) in [6.07, 6.45) is 4.20. The van der Waals surface area contributed by atoms with Crippen LogP contribution in [0.1, 0.15) is 39.5 Å². The highest BCUT2D eigenvalue weighted by atomic mass is 32.2. The maximum atomic E-state index is 12.5. The molecule has 3 atom stereocenters. The smallest absolute Gasteiger partial charge is 0.139 e. The minimum absolute atomic E-state index is 0.0578. The molecule has 0 N–H and O–H groups in total. The van der Waals surface area contributed by atoms with E-state index in [2.05, 4.69) is 13.8 Å². The fourth-order valence-corrected chi connectivity index (χ4v) is 4.75. The van der Waals surface area contributed by atoms with E-state index < -0.39 is 0 Å². The van der Waals surface area contributed by atoms with E-state index in [0.717, 1.165) is 38.0 Å². The van der Waals surface area contributed by atoms with Crippen LogP contribution in [0.3, 0.4) is 0 Å². The van der Waals surface area contributed by atoms with Crippen molar-refractivity contribution in [3.05, 3.63) is 0 Å². The van der Waals surface area contributed by atoms with Gasteiger partial charge in [0.1, 0.15) is 5.78 Å². The first-order valence-electron chi connectivity index (χ1n) is 6.78. The summed E-state index contributed by atoms with van der Waals surface area (Å²) in [6, 6.07) is 0. The minimum atomic E-state index is 0.0578. The molecular weight excluding hydrogens is 232 g/mol. The number of carbonyl (C=O) groups excluding carboxylic acids is 1. The van der Waals surface area contributed by atoms with E-state index >= 15 is 0 Å². The fraction of sp³-hybridized carbons (Fsp3) is 0.929. The van der Waals surface area contributed by atoms with Gasteiger partial charge in [-0.15, -0.1) is 0 Å². The summed E-state index contributed by atoms with van der Waals surface area (Å²) in [5, 5.41) is 0. The lowest BCUT2D eigenvalue weighted by atomic mass is 9.81. The predicted octanol–water partition coefficient (Wildman–Crippen LogP) is 2.90. The van der Waals surface area contributed by atoms with Gasteiger partial charge in [0.15, 0.2) is 0 Å². The first-order chi connectivity index (χ1) is 8.03. The molecule has 3 fully saturated rings. The van der Waals surface area contributed by atoms with Crippen LogP contribution in [-0.4, -0.2) is 29.5 Å². The zero-order valence-electron chi connectivity index (χ0n) is 10.8. The average molecular weight is 254 g/mol. The Morgan fingerprint density at radius 1 is 1.35 bits per heavy atom. The van der Waals surface area contributed by atoms with Crippen LogP contribution in [0.2, 0.25) is 0 Å². The lowest BCUT2D eigenvalue weighted by molar-refractivity contribution is -0.135. The molecule has 2 aliphatic heterocycles. The van der Waals surface area contributed by atoms with Gasteiger partial charge in [-0.25, -0.2) is 0 Å². The third-order valence-corrected chi connectivity index (χ3v) is 6.04. The fourth-order valence-electron chi connectivity index (χ4n) is 3.37. The summed E-state index contributed by atoms with van der Waals surface area (Å²) in [4.78, 5) is 12.5. The number of carbonyl (C=O) groups is 1. The Balaban J connectivity index is 1.66. The van der Waals surface area contributed by atoms with E-state index in [-0.39, 0.29) is 16.9 Å². The first-order valence-corrected chi connectivity index (χ1v) is 7.93. The van der Waals surface area contributed by atoms with Crippen molar-refractivity contribution < 1.29 is 9.53 Å². The lowest BCUT2D eigenvalue weighted by Gasteiger charge is -2.37. The second kappa shape index (κ2) is 3.99. The second-order valence-electron chi connectivity index (χ2n) is 6.67. The molecule has 0 aromatic rings. The summed E-state index contributed by atoms with van der Waals surface area (Å²) in [6.45, 7) is 5.23. The van der Waals surface area contributed by atoms with Gasteiger partial charge in [0.25, 0.3) is 0 Å². The number of thioether (sulfide) groups is 1. The predicted molar refractivity (Wildman–Crippen MR) is 70.2 cm³/mol. The summed E-state index contributed by atoms with van der Waals surface area (Å²) < 4.78 is 5.99. The van der Waals surface area contributed by atoms with Crippen LogP contribution >= 0.6 is 11.8 Å². The Morgan fingerprint density at radius 2 is 2.12 bits per heavy atom. The molecule has 2 nitrogen and oxygen atoms in total. The first kappa shape index (κ1) is 12.0. The van der Waals surface area contributed by atoms with Gasteiger partial charge >= 0.3 is 0 Å². The number of hydrogen-bond acceptors (Lipinski definition) is 3. The Morgan fingerprint density at radius 3 is 2.71 bits per heavy atom. The molecule has 0 aromatic carbocycles. The molecule has 0 radical (unpaired) electrons. The summed E-state index contributed by atoms with van der Waals surface area (Å²) in [7, 11) is 0. The van der Waals surface area contributed by atoms with E-state index in [1.807, 2.05) is 11.8 Å². The zero-order valence-corrected chi connectivity index (χ0v) is 11.6. The second-order valence-corrected chi connectivity index (χ2v) is 7.78. The minimum Gasteiger partial charge on any atom is -0.374 e. The van der Waals surface area contributed by atoms with E-state index in [1.165, 1.54) is 5.75 Å². The molecular formula is C14H22O2S. The van der Waals surface area contributed by atoms with Crippen LogP contribution in [0.5, 0.6) is 0 Å². The summed E-state index contributed by atoms with van der Waals surface area (Å²) >= 11 is 1.98. The van der Waals surface area contributed by atoms with Gasteiger partial charge < -0.3 is 4.74 Å². The number of hydrogen-bond donors (Lipinski definition) is 0. The van der Waals surface area contributed by atoms with Crippen LogP contribution in [-0.2, 0) is 9.53 Å². The van der Waals surface area contributed by atoms with Gasteiger partial charge in [-0.2, -0.15) is 11.8 Å². The Bertz CT molecular complexity index is 331. The topological polar surface area (TPSA) is 26.3 Å². The lowest BCUT2D eigenvalue weighted by Crippen LogP contribution is -2.42. The highest BCUT2D eigenvalue weighted by Gasteiger charge is 2.53. The molecule has 96 valence electrons. The van der Waals surface area contributed by atoms with Crippen molar-refractivity contribution in [3.63, 3.8) is 0 Å². The molecule has 1 saturated carbocycles. The summed E-state index contributed by atoms with van der Waals surface area (Å²) in [5.74, 6) is 3.47. The SMILES string of the molecule is CC1(C)CC1C(=O)C1CCOC2(CCSC2)C1.